The lowest BCUT2D eigenvalue weighted by Gasteiger charge is -2.39. The highest BCUT2D eigenvalue weighted by Crippen LogP contribution is 2.31. The maximum absolute atomic E-state index is 4.43. The van der Waals surface area contributed by atoms with Gasteiger partial charge in [-0.15, -0.1) is 11.3 Å². The van der Waals surface area contributed by atoms with Gasteiger partial charge in [-0.25, -0.2) is 4.98 Å². The Morgan fingerprint density at radius 1 is 1.50 bits per heavy atom. The fraction of sp³-hybridized carbons (Fsp3) is 0.700. The second kappa shape index (κ2) is 3.21. The van der Waals surface area contributed by atoms with Gasteiger partial charge in [-0.05, 0) is 13.3 Å². The molecule has 0 N–H and O–H groups in total. The number of rotatable bonds is 1. The van der Waals surface area contributed by atoms with E-state index in [1.54, 1.807) is 11.3 Å². The molecule has 0 amide bonds. The molecule has 14 heavy (non-hydrogen) atoms. The zero-order chi connectivity index (χ0) is 9.54. The summed E-state index contributed by atoms with van der Waals surface area (Å²) in [5.74, 6) is 0. The summed E-state index contributed by atoms with van der Waals surface area (Å²) in [7, 11) is 0. The molecule has 3 atom stereocenters. The number of aromatic nitrogens is 1. The van der Waals surface area contributed by atoms with Gasteiger partial charge in [0.25, 0.3) is 0 Å². The van der Waals surface area contributed by atoms with Crippen LogP contribution in [0.4, 0.5) is 5.13 Å². The predicted molar refractivity (Wildman–Crippen MR) is 58.9 cm³/mol. The smallest absolute Gasteiger partial charge is 0.185 e. The van der Waals surface area contributed by atoms with E-state index in [0.717, 1.165) is 0 Å². The lowest BCUT2D eigenvalue weighted by atomic mass is 10.1. The van der Waals surface area contributed by atoms with Gasteiger partial charge in [0.05, 0.1) is 0 Å². The number of nitrogens with zero attached hydrogens (tertiary/aromatic N) is 3. The Kier molecular flexibility index (Phi) is 1.99. The molecule has 76 valence electrons. The van der Waals surface area contributed by atoms with Gasteiger partial charge >= 0.3 is 0 Å². The van der Waals surface area contributed by atoms with Crippen molar-refractivity contribution < 1.29 is 0 Å². The molecule has 3 heterocycles. The number of fused-ring (bicyclic) bond motifs is 2. The van der Waals surface area contributed by atoms with Crippen LogP contribution in [0.2, 0.25) is 0 Å². The lowest BCUT2D eigenvalue weighted by molar-refractivity contribution is 0.274. The maximum atomic E-state index is 4.43. The van der Waals surface area contributed by atoms with Gasteiger partial charge in [-0.3, -0.25) is 4.90 Å². The molecule has 1 aromatic heterocycles. The summed E-state index contributed by atoms with van der Waals surface area (Å²) in [4.78, 5) is 9.52. The summed E-state index contributed by atoms with van der Waals surface area (Å²) >= 11 is 1.77. The molecule has 3 nitrogen and oxygen atoms in total. The summed E-state index contributed by atoms with van der Waals surface area (Å²) in [6.45, 7) is 6.03. The van der Waals surface area contributed by atoms with Crippen LogP contribution < -0.4 is 4.90 Å². The zero-order valence-electron chi connectivity index (χ0n) is 8.39. The largest absolute Gasteiger partial charge is 0.340 e. The van der Waals surface area contributed by atoms with Crippen LogP contribution in [0.1, 0.15) is 13.3 Å². The molecule has 0 spiro atoms. The van der Waals surface area contributed by atoms with Gasteiger partial charge in [-0.2, -0.15) is 0 Å². The third-order valence-corrected chi connectivity index (χ3v) is 4.06. The molecule has 1 aromatic rings. The number of anilines is 1. The predicted octanol–water partition coefficient (Wildman–Crippen LogP) is 1.43. The summed E-state index contributed by atoms with van der Waals surface area (Å²) in [5.41, 5.74) is 0. The van der Waals surface area contributed by atoms with Crippen LogP contribution in [-0.2, 0) is 0 Å². The Morgan fingerprint density at radius 2 is 2.43 bits per heavy atom. The average molecular weight is 209 g/mol. The van der Waals surface area contributed by atoms with Crippen molar-refractivity contribution in [3.63, 3.8) is 0 Å². The fourth-order valence-corrected chi connectivity index (χ4v) is 3.53. The number of hydrogen-bond acceptors (Lipinski definition) is 4. The number of piperazine rings is 1. The molecule has 2 fully saturated rings. The van der Waals surface area contributed by atoms with E-state index >= 15 is 0 Å². The first-order chi connectivity index (χ1) is 6.84. The van der Waals surface area contributed by atoms with Crippen LogP contribution >= 0.6 is 11.3 Å². The van der Waals surface area contributed by atoms with Crippen LogP contribution in [0, 0.1) is 0 Å². The van der Waals surface area contributed by atoms with E-state index in [0.29, 0.717) is 12.1 Å². The van der Waals surface area contributed by atoms with Crippen molar-refractivity contribution in [1.29, 1.82) is 0 Å². The monoisotopic (exact) mass is 209 g/mol. The minimum Gasteiger partial charge on any atom is -0.340 e. The van der Waals surface area contributed by atoms with E-state index in [9.17, 15) is 0 Å². The highest BCUT2D eigenvalue weighted by molar-refractivity contribution is 7.13. The molecule has 2 saturated heterocycles. The van der Waals surface area contributed by atoms with Gasteiger partial charge in [-0.1, -0.05) is 0 Å². The molecule has 0 radical (unpaired) electrons. The Labute approximate surface area is 88.4 Å². The van der Waals surface area contributed by atoms with Crippen molar-refractivity contribution in [2.45, 2.75) is 25.4 Å². The minimum absolute atomic E-state index is 0.627. The number of hydrogen-bond donors (Lipinski definition) is 0. The second-order valence-electron chi connectivity index (χ2n) is 4.27. The van der Waals surface area contributed by atoms with Gasteiger partial charge in [0.2, 0.25) is 0 Å². The standard InChI is InChI=1S/C10H15N3S/c1-8-6-12-4-2-9(7-12)13(8)10-11-3-5-14-10/h3,5,8-9H,2,4,6-7H2,1H3. The molecule has 3 unspecified atom stereocenters. The summed E-state index contributed by atoms with van der Waals surface area (Å²) in [6.07, 6.45) is 3.22. The third-order valence-electron chi connectivity index (χ3n) is 3.28. The Hall–Kier alpha value is -0.610. The van der Waals surface area contributed by atoms with Crippen molar-refractivity contribution in [2.24, 2.45) is 0 Å². The number of thiazole rings is 1. The van der Waals surface area contributed by atoms with Crippen molar-refractivity contribution in [2.75, 3.05) is 24.5 Å². The normalized spacial score (nSPS) is 36.4. The first kappa shape index (κ1) is 8.68. The molecule has 2 bridgehead atoms. The minimum atomic E-state index is 0.627. The van der Waals surface area contributed by atoms with E-state index in [1.807, 2.05) is 6.20 Å². The molecule has 2 aliphatic heterocycles. The quantitative estimate of drug-likeness (QED) is 0.697. The van der Waals surface area contributed by atoms with Crippen LogP contribution in [-0.4, -0.2) is 41.6 Å². The topological polar surface area (TPSA) is 19.4 Å². The molecule has 3 rings (SSSR count). The van der Waals surface area contributed by atoms with Crippen LogP contribution in [0.25, 0.3) is 0 Å². The van der Waals surface area contributed by atoms with Gasteiger partial charge in [0.15, 0.2) is 5.13 Å². The summed E-state index contributed by atoms with van der Waals surface area (Å²) < 4.78 is 0. The molecule has 4 heteroatoms. The van der Waals surface area contributed by atoms with E-state index < -0.39 is 0 Å². The van der Waals surface area contributed by atoms with Gasteiger partial charge in [0, 0.05) is 43.3 Å². The highest BCUT2D eigenvalue weighted by atomic mass is 32.1. The van der Waals surface area contributed by atoms with Crippen molar-refractivity contribution >= 4 is 16.5 Å². The molecular weight excluding hydrogens is 194 g/mol. The maximum Gasteiger partial charge on any atom is 0.185 e. The highest BCUT2D eigenvalue weighted by Gasteiger charge is 2.37. The summed E-state index contributed by atoms with van der Waals surface area (Å²) in [5, 5.41) is 3.28. The lowest BCUT2D eigenvalue weighted by Crippen LogP contribution is -2.52. The van der Waals surface area contributed by atoms with E-state index in [1.165, 1.54) is 31.2 Å². The zero-order valence-corrected chi connectivity index (χ0v) is 9.20. The summed E-state index contributed by atoms with van der Waals surface area (Å²) in [6, 6.07) is 1.34. The van der Waals surface area contributed by atoms with E-state index in [4.69, 9.17) is 0 Å². The van der Waals surface area contributed by atoms with Gasteiger partial charge < -0.3 is 4.90 Å². The van der Waals surface area contributed by atoms with Crippen LogP contribution in [0.5, 0.6) is 0 Å². The molecular formula is C10H15N3S. The van der Waals surface area contributed by atoms with Crippen LogP contribution in [0.15, 0.2) is 11.6 Å². The van der Waals surface area contributed by atoms with E-state index in [-0.39, 0.29) is 0 Å². The van der Waals surface area contributed by atoms with Crippen molar-refractivity contribution in [1.82, 2.24) is 9.88 Å². The van der Waals surface area contributed by atoms with Crippen molar-refractivity contribution in [3.05, 3.63) is 11.6 Å². The second-order valence-corrected chi connectivity index (χ2v) is 5.15. The third kappa shape index (κ3) is 1.25. The fourth-order valence-electron chi connectivity index (χ4n) is 2.71. The molecule has 2 aliphatic rings. The SMILES string of the molecule is CC1CN2CCC(C2)N1c1nccs1. The average Bonchev–Trinajstić information content (AvgIpc) is 2.77. The molecule has 0 aliphatic carbocycles. The van der Waals surface area contributed by atoms with E-state index in [2.05, 4.69) is 27.1 Å². The Morgan fingerprint density at radius 3 is 3.21 bits per heavy atom. The van der Waals surface area contributed by atoms with Gasteiger partial charge in [0.1, 0.15) is 0 Å². The first-order valence-electron chi connectivity index (χ1n) is 5.25. The van der Waals surface area contributed by atoms with Crippen molar-refractivity contribution in [3.8, 4) is 0 Å². The Balaban J connectivity index is 1.90. The van der Waals surface area contributed by atoms with Crippen LogP contribution in [0.3, 0.4) is 0 Å². The first-order valence-corrected chi connectivity index (χ1v) is 6.13. The Bertz CT molecular complexity index is 311. The molecule has 0 saturated carbocycles. The molecule has 0 aromatic carbocycles.